The van der Waals surface area contributed by atoms with Gasteiger partial charge in [-0.1, -0.05) is 0 Å². The molecular formula is C15H17N3O6. The number of carbonyl (C=O) groups excluding carboxylic acids is 3. The van der Waals surface area contributed by atoms with Crippen molar-refractivity contribution in [1.29, 1.82) is 15.8 Å². The highest BCUT2D eigenvalue weighted by Gasteiger charge is 2.61. The Bertz CT molecular complexity index is 574. The zero-order valence-electron chi connectivity index (χ0n) is 13.6. The zero-order valence-corrected chi connectivity index (χ0v) is 13.6. The zero-order chi connectivity index (χ0) is 18.8. The Morgan fingerprint density at radius 2 is 1.21 bits per heavy atom. The van der Waals surface area contributed by atoms with E-state index in [1.807, 2.05) is 0 Å². The van der Waals surface area contributed by atoms with E-state index in [4.69, 9.17) is 4.74 Å². The van der Waals surface area contributed by atoms with Gasteiger partial charge in [0.2, 0.25) is 5.41 Å². The van der Waals surface area contributed by atoms with E-state index < -0.39 is 35.2 Å². The maximum Gasteiger partial charge on any atom is 0.330 e. The first-order valence-corrected chi connectivity index (χ1v) is 7.11. The lowest BCUT2D eigenvalue weighted by Crippen LogP contribution is -2.50. The molecule has 0 saturated carbocycles. The molecule has 0 aromatic carbocycles. The molecule has 0 amide bonds. The summed E-state index contributed by atoms with van der Waals surface area (Å²) in [4.78, 5) is 36.4. The highest BCUT2D eigenvalue weighted by atomic mass is 16.5. The van der Waals surface area contributed by atoms with Crippen LogP contribution in [0.5, 0.6) is 0 Å². The van der Waals surface area contributed by atoms with Gasteiger partial charge in [0.05, 0.1) is 38.0 Å². The van der Waals surface area contributed by atoms with Gasteiger partial charge in [0, 0.05) is 0 Å². The third-order valence-corrected chi connectivity index (χ3v) is 3.01. The summed E-state index contributed by atoms with van der Waals surface area (Å²) in [6.07, 6.45) is 0. The molecule has 0 bridgehead atoms. The smallest absolute Gasteiger partial charge is 0.330 e. The van der Waals surface area contributed by atoms with Crippen LogP contribution >= 0.6 is 0 Å². The number of carbonyl (C=O) groups is 3. The van der Waals surface area contributed by atoms with Crippen LogP contribution in [0.4, 0.5) is 0 Å². The fraction of sp³-hybridized carbons (Fsp3) is 0.600. The molecule has 0 N–H and O–H groups in total. The average molecular weight is 335 g/mol. The summed E-state index contributed by atoms with van der Waals surface area (Å²) >= 11 is 0. The second kappa shape index (κ2) is 9.81. The molecule has 24 heavy (non-hydrogen) atoms. The lowest BCUT2D eigenvalue weighted by molar-refractivity contribution is -0.170. The van der Waals surface area contributed by atoms with E-state index in [1.54, 1.807) is 0 Å². The normalized spacial score (nSPS) is 14.5. The van der Waals surface area contributed by atoms with Crippen molar-refractivity contribution in [1.82, 2.24) is 0 Å². The Morgan fingerprint density at radius 1 is 0.833 bits per heavy atom. The van der Waals surface area contributed by atoms with Gasteiger partial charge >= 0.3 is 17.9 Å². The van der Waals surface area contributed by atoms with Crippen molar-refractivity contribution in [3.63, 3.8) is 0 Å². The van der Waals surface area contributed by atoms with Crippen LogP contribution in [0.15, 0.2) is 0 Å². The second-order valence-electron chi connectivity index (χ2n) is 4.33. The molecule has 9 heteroatoms. The largest absolute Gasteiger partial charge is 0.465 e. The molecule has 0 aromatic heterocycles. The number of hydrogen-bond acceptors (Lipinski definition) is 9. The monoisotopic (exact) mass is 335 g/mol. The molecule has 0 saturated heterocycles. The van der Waals surface area contributed by atoms with Gasteiger partial charge in [0.15, 0.2) is 11.8 Å². The first-order valence-electron chi connectivity index (χ1n) is 7.11. The van der Waals surface area contributed by atoms with Gasteiger partial charge in [-0.2, -0.15) is 15.8 Å². The molecule has 0 aliphatic carbocycles. The molecule has 0 spiro atoms. The number of hydrogen-bond donors (Lipinski definition) is 0. The summed E-state index contributed by atoms with van der Waals surface area (Å²) in [5.74, 6) is -7.82. The van der Waals surface area contributed by atoms with Crippen molar-refractivity contribution < 1.29 is 28.6 Å². The molecule has 0 aromatic rings. The van der Waals surface area contributed by atoms with E-state index in [2.05, 4.69) is 9.47 Å². The van der Waals surface area contributed by atoms with Gasteiger partial charge < -0.3 is 14.2 Å². The molecule has 0 heterocycles. The topological polar surface area (TPSA) is 150 Å². The molecule has 0 fully saturated rings. The Balaban J connectivity index is 6.37. The van der Waals surface area contributed by atoms with Crippen LogP contribution in [-0.2, 0) is 28.6 Å². The van der Waals surface area contributed by atoms with Crippen molar-refractivity contribution in [3.8, 4) is 18.2 Å². The first-order chi connectivity index (χ1) is 11.4. The SMILES string of the molecule is CCOC(=O)C(C#N)C(C#N)(C(=O)OCC)C(C#N)C(=O)OCC. The molecule has 9 nitrogen and oxygen atoms in total. The highest BCUT2D eigenvalue weighted by Crippen LogP contribution is 2.38. The molecule has 0 aliphatic heterocycles. The number of ether oxygens (including phenoxy) is 3. The third kappa shape index (κ3) is 3.99. The Morgan fingerprint density at radius 3 is 1.46 bits per heavy atom. The van der Waals surface area contributed by atoms with Gasteiger partial charge in [-0.05, 0) is 20.8 Å². The molecule has 0 rings (SSSR count). The van der Waals surface area contributed by atoms with Gasteiger partial charge in [0.25, 0.3) is 0 Å². The molecule has 0 aliphatic rings. The summed E-state index contributed by atoms with van der Waals surface area (Å²) in [7, 11) is 0. The van der Waals surface area contributed by atoms with E-state index >= 15 is 0 Å². The van der Waals surface area contributed by atoms with Crippen LogP contribution in [0.1, 0.15) is 20.8 Å². The predicted octanol–water partition coefficient (Wildman–Crippen LogP) is 0.465. The van der Waals surface area contributed by atoms with Crippen LogP contribution in [0.2, 0.25) is 0 Å². The Kier molecular flexibility index (Phi) is 8.53. The van der Waals surface area contributed by atoms with Gasteiger partial charge in [-0.3, -0.25) is 14.4 Å². The summed E-state index contributed by atoms with van der Waals surface area (Å²) in [6.45, 7) is 3.90. The first kappa shape index (κ1) is 20.9. The van der Waals surface area contributed by atoms with Crippen molar-refractivity contribution in [2.24, 2.45) is 17.3 Å². The van der Waals surface area contributed by atoms with E-state index in [1.165, 1.54) is 39.0 Å². The minimum absolute atomic E-state index is 0.127. The van der Waals surface area contributed by atoms with Crippen molar-refractivity contribution in [3.05, 3.63) is 0 Å². The number of rotatable bonds is 8. The second-order valence-corrected chi connectivity index (χ2v) is 4.33. The van der Waals surface area contributed by atoms with E-state index in [-0.39, 0.29) is 19.8 Å². The molecule has 128 valence electrons. The van der Waals surface area contributed by atoms with Gasteiger partial charge in [-0.25, -0.2) is 0 Å². The van der Waals surface area contributed by atoms with Crippen LogP contribution < -0.4 is 0 Å². The summed E-state index contributed by atoms with van der Waals surface area (Å²) in [5.41, 5.74) is -2.70. The quantitative estimate of drug-likeness (QED) is 0.455. The molecule has 2 unspecified atom stereocenters. The van der Waals surface area contributed by atoms with Crippen LogP contribution in [0, 0.1) is 51.2 Å². The van der Waals surface area contributed by atoms with Crippen LogP contribution in [-0.4, -0.2) is 37.7 Å². The maximum absolute atomic E-state index is 12.4. The fourth-order valence-electron chi connectivity index (χ4n) is 1.96. The van der Waals surface area contributed by atoms with E-state index in [0.29, 0.717) is 0 Å². The predicted molar refractivity (Wildman–Crippen MR) is 76.2 cm³/mol. The fourth-order valence-corrected chi connectivity index (χ4v) is 1.96. The van der Waals surface area contributed by atoms with Gasteiger partial charge in [-0.15, -0.1) is 0 Å². The Labute approximate surface area is 139 Å². The minimum Gasteiger partial charge on any atom is -0.465 e. The Hall–Kier alpha value is -3.12. The average Bonchev–Trinajstić information content (AvgIpc) is 2.55. The molecular weight excluding hydrogens is 318 g/mol. The van der Waals surface area contributed by atoms with E-state index in [0.717, 1.165) is 0 Å². The standard InChI is InChI=1S/C15H17N3O6/c1-4-22-12(19)10(7-16)15(9-18,14(21)24-6-3)11(8-17)13(20)23-5-2/h10-11H,4-6H2,1-3H3. The number of nitriles is 3. The van der Waals surface area contributed by atoms with Crippen molar-refractivity contribution >= 4 is 17.9 Å². The van der Waals surface area contributed by atoms with Crippen molar-refractivity contribution in [2.45, 2.75) is 20.8 Å². The highest BCUT2D eigenvalue weighted by molar-refractivity contribution is 5.95. The maximum atomic E-state index is 12.4. The lowest BCUT2D eigenvalue weighted by Gasteiger charge is -2.29. The van der Waals surface area contributed by atoms with Crippen LogP contribution in [0.25, 0.3) is 0 Å². The molecule has 0 radical (unpaired) electrons. The van der Waals surface area contributed by atoms with Crippen molar-refractivity contribution in [2.75, 3.05) is 19.8 Å². The van der Waals surface area contributed by atoms with Gasteiger partial charge in [0.1, 0.15) is 0 Å². The number of esters is 3. The lowest BCUT2D eigenvalue weighted by atomic mass is 9.68. The minimum atomic E-state index is -2.70. The summed E-state index contributed by atoms with van der Waals surface area (Å²) in [5, 5.41) is 28.1. The summed E-state index contributed by atoms with van der Waals surface area (Å²) < 4.78 is 14.1. The van der Waals surface area contributed by atoms with Crippen LogP contribution in [0.3, 0.4) is 0 Å². The summed E-state index contributed by atoms with van der Waals surface area (Å²) in [6, 6.07) is 4.41. The molecule has 2 atom stereocenters. The van der Waals surface area contributed by atoms with E-state index in [9.17, 15) is 30.2 Å². The number of nitrogens with zero attached hydrogens (tertiary/aromatic N) is 3. The third-order valence-electron chi connectivity index (χ3n) is 3.01.